The van der Waals surface area contributed by atoms with Crippen LogP contribution in [-0.2, 0) is 60.6 Å². The first-order valence-corrected chi connectivity index (χ1v) is 32.8. The molecular formula is C67H92N10O13S. The van der Waals surface area contributed by atoms with Crippen LogP contribution in [0.25, 0.3) is 21.2 Å². The van der Waals surface area contributed by atoms with Crippen molar-refractivity contribution in [3.8, 4) is 22.2 Å². The zero-order chi connectivity index (χ0) is 64.4. The van der Waals surface area contributed by atoms with E-state index in [4.69, 9.17) is 43.1 Å². The Morgan fingerprint density at radius 3 is 2.11 bits per heavy atom. The minimum absolute atomic E-state index is 0.0257. The molecule has 3 saturated heterocycles. The van der Waals surface area contributed by atoms with Gasteiger partial charge in [0.15, 0.2) is 0 Å². The van der Waals surface area contributed by atoms with Gasteiger partial charge in [0.05, 0.1) is 113 Å². The number of hydrogen-bond acceptors (Lipinski definition) is 20. The summed E-state index contributed by atoms with van der Waals surface area (Å²) in [6.45, 7) is 24.7. The quantitative estimate of drug-likeness (QED) is 0.0299. The van der Waals surface area contributed by atoms with Gasteiger partial charge in [-0.1, -0.05) is 75.9 Å². The van der Waals surface area contributed by atoms with Crippen LogP contribution < -0.4 is 25.2 Å². The Morgan fingerprint density at radius 2 is 1.46 bits per heavy atom. The highest BCUT2D eigenvalue weighted by atomic mass is 32.1. The highest BCUT2D eigenvalue weighted by molar-refractivity contribution is 7.13. The van der Waals surface area contributed by atoms with Crippen LogP contribution in [0.2, 0.25) is 0 Å². The minimum Gasteiger partial charge on any atom is -0.508 e. The Bertz CT molecular complexity index is 3200. The predicted octanol–water partition coefficient (Wildman–Crippen LogP) is 5.87. The Hall–Kier alpha value is -6.87. The third-order valence-electron chi connectivity index (χ3n) is 17.0. The molecule has 91 heavy (non-hydrogen) atoms. The summed E-state index contributed by atoms with van der Waals surface area (Å²) < 4.78 is 41.0. The third-order valence-corrected chi connectivity index (χ3v) is 18.0. The number of rotatable bonds is 31. The molecule has 3 fully saturated rings. The minimum atomic E-state index is -0.977. The van der Waals surface area contributed by atoms with Crippen molar-refractivity contribution in [1.82, 2.24) is 40.3 Å². The summed E-state index contributed by atoms with van der Waals surface area (Å²) in [5.74, 6) is -0.290. The number of aromatic nitrogens is 3. The van der Waals surface area contributed by atoms with Crippen molar-refractivity contribution in [1.29, 1.82) is 0 Å². The van der Waals surface area contributed by atoms with Crippen molar-refractivity contribution in [2.45, 2.75) is 110 Å². The third kappa shape index (κ3) is 19.1. The van der Waals surface area contributed by atoms with Gasteiger partial charge in [0.1, 0.15) is 36.4 Å². The number of nitrogens with one attached hydrogen (secondary N) is 2. The van der Waals surface area contributed by atoms with Crippen LogP contribution in [0.15, 0.2) is 78.8 Å². The van der Waals surface area contributed by atoms with Crippen LogP contribution in [0.3, 0.4) is 0 Å². The van der Waals surface area contributed by atoms with Gasteiger partial charge in [-0.05, 0) is 74.1 Å². The standard InChI is InChI=1S/C67H92N10O13S/c1-8-60(81)74-23-25-75(26-24-74)63-55-19-22-76(57-38-51(78)37-50-11-9-10-12-54(50)57)42-56(55)70-66(72-63)90-45(2)40-73-20-17-53(18-21-73)89-36-35-87-32-31-85-28-27-84-29-30-86-33-34-88-43-59(80)71-62(67(5,6)7)65(83)77-41-52(79)39-58(77)64(82)69-46(3)48-13-15-49(16-14-48)61-47(4)68-44-91-61/h8-16,37-38,44-46,52-53,58,62,78-79H,1,17-36,39-43H2,2-7H3,(H,69,82)(H,71,80)/t45?,46?,52-,58+,62?/m1/s1. The molecule has 4 amide bonds. The fourth-order valence-corrected chi connectivity index (χ4v) is 12.9. The van der Waals surface area contributed by atoms with Crippen LogP contribution in [0.1, 0.15) is 82.4 Å². The van der Waals surface area contributed by atoms with Crippen LogP contribution in [0.5, 0.6) is 11.8 Å². The van der Waals surface area contributed by atoms with Crippen molar-refractivity contribution in [2.24, 2.45) is 5.41 Å². The van der Waals surface area contributed by atoms with Crippen LogP contribution in [0, 0.1) is 12.3 Å². The van der Waals surface area contributed by atoms with E-state index in [0.29, 0.717) is 98.1 Å². The van der Waals surface area contributed by atoms with E-state index in [0.717, 1.165) is 94.1 Å². The summed E-state index contributed by atoms with van der Waals surface area (Å²) in [6.07, 6.45) is 3.08. The lowest BCUT2D eigenvalue weighted by Gasteiger charge is -2.38. The number of benzene rings is 3. The number of aliphatic hydroxyl groups is 1. The second-order valence-electron chi connectivity index (χ2n) is 24.8. The molecule has 0 saturated carbocycles. The van der Waals surface area contributed by atoms with Crippen molar-refractivity contribution in [3.05, 3.63) is 101 Å². The molecule has 494 valence electrons. The van der Waals surface area contributed by atoms with E-state index in [1.165, 1.54) is 11.0 Å². The maximum atomic E-state index is 14.1. The molecule has 23 nitrogen and oxygen atoms in total. The van der Waals surface area contributed by atoms with E-state index in [1.54, 1.807) is 17.4 Å². The Morgan fingerprint density at radius 1 is 0.802 bits per heavy atom. The molecule has 4 N–H and O–H groups in total. The number of ether oxygens (including phenoxy) is 7. The van der Waals surface area contributed by atoms with Crippen LogP contribution in [0.4, 0.5) is 11.5 Å². The lowest BCUT2D eigenvalue weighted by Crippen LogP contribution is -2.58. The number of fused-ring (bicyclic) bond motifs is 2. The summed E-state index contributed by atoms with van der Waals surface area (Å²) >= 11 is 1.57. The predicted molar refractivity (Wildman–Crippen MR) is 347 cm³/mol. The molecule has 24 heteroatoms. The monoisotopic (exact) mass is 1280 g/mol. The number of hydrogen-bond donors (Lipinski definition) is 4. The molecule has 9 rings (SSSR count). The number of piperidine rings is 1. The molecule has 5 atom stereocenters. The van der Waals surface area contributed by atoms with Gasteiger partial charge < -0.3 is 73.6 Å². The number of phenols is 1. The second kappa shape index (κ2) is 33.1. The second-order valence-corrected chi connectivity index (χ2v) is 25.7. The number of piperazine rings is 1. The van der Waals surface area contributed by atoms with Crippen LogP contribution >= 0.6 is 11.3 Å². The lowest BCUT2D eigenvalue weighted by molar-refractivity contribution is -0.144. The number of β-amino-alcohol motifs (C(OH)–C–C–N with tert-alkyl or cyclic N) is 1. The first-order valence-electron chi connectivity index (χ1n) is 31.9. The van der Waals surface area contributed by atoms with Crippen LogP contribution in [-0.4, -0.2) is 225 Å². The molecule has 0 aliphatic carbocycles. The maximum absolute atomic E-state index is 14.1. The van der Waals surface area contributed by atoms with E-state index in [-0.39, 0.29) is 68.6 Å². The molecule has 6 heterocycles. The number of amides is 4. The van der Waals surface area contributed by atoms with Gasteiger partial charge in [-0.25, -0.2) is 4.98 Å². The van der Waals surface area contributed by atoms with Crippen molar-refractivity contribution < 1.29 is 62.5 Å². The van der Waals surface area contributed by atoms with Crippen molar-refractivity contribution >= 4 is 57.2 Å². The number of aromatic hydroxyl groups is 1. The molecule has 0 spiro atoms. The summed E-state index contributed by atoms with van der Waals surface area (Å²) in [6, 6.07) is 17.7. The number of phenolic OH excluding ortho intramolecular Hbond substituents is 1. The first-order chi connectivity index (χ1) is 43.9. The number of aliphatic hydroxyl groups excluding tert-OH is 1. The average Bonchev–Trinajstić information content (AvgIpc) is 1.73. The molecule has 3 unspecified atom stereocenters. The smallest absolute Gasteiger partial charge is 0.318 e. The zero-order valence-electron chi connectivity index (χ0n) is 53.6. The molecule has 2 aromatic heterocycles. The summed E-state index contributed by atoms with van der Waals surface area (Å²) in [5.41, 5.74) is 6.96. The highest BCUT2D eigenvalue weighted by Crippen LogP contribution is 2.37. The Balaban J connectivity index is 0.592. The fourth-order valence-electron chi connectivity index (χ4n) is 12.1. The van der Waals surface area contributed by atoms with E-state index in [9.17, 15) is 29.4 Å². The number of anilines is 2. The molecular weight excluding hydrogens is 1180 g/mol. The number of aryl methyl sites for hydroxylation is 1. The van der Waals surface area contributed by atoms with Gasteiger partial charge in [-0.15, -0.1) is 11.3 Å². The normalized spacial score (nSPS) is 18.5. The molecule has 5 aromatic rings. The van der Waals surface area contributed by atoms with Gasteiger partial charge in [0.2, 0.25) is 23.6 Å². The number of carbonyl (C=O) groups is 4. The first kappa shape index (κ1) is 68.5. The Kier molecular flexibility index (Phi) is 24.9. The van der Waals surface area contributed by atoms with Gasteiger partial charge in [0, 0.05) is 88.0 Å². The van der Waals surface area contributed by atoms with E-state index < -0.39 is 35.4 Å². The number of likely N-dealkylation sites (tertiary alicyclic amines) is 2. The van der Waals surface area contributed by atoms with E-state index in [2.05, 4.69) is 49.9 Å². The molecule has 4 aliphatic rings. The van der Waals surface area contributed by atoms with Gasteiger partial charge in [-0.2, -0.15) is 9.97 Å². The lowest BCUT2D eigenvalue weighted by atomic mass is 9.85. The van der Waals surface area contributed by atoms with E-state index >= 15 is 0 Å². The summed E-state index contributed by atoms with van der Waals surface area (Å²) in [7, 11) is 0. The number of thiazole rings is 1. The molecule has 3 aromatic carbocycles. The largest absolute Gasteiger partial charge is 0.508 e. The maximum Gasteiger partial charge on any atom is 0.318 e. The molecule has 4 aliphatic heterocycles. The van der Waals surface area contributed by atoms with E-state index in [1.807, 2.05) is 93.6 Å². The zero-order valence-corrected chi connectivity index (χ0v) is 54.5. The SMILES string of the molecule is C=CC(=O)N1CCN(c2nc(OC(C)CN3CCC(OCCOCCOCCOCCOCCOCC(=O)NC(C(=O)N4C[C@H](O)C[C@H]4C(=O)NC(C)c4ccc(-c5scnc5C)cc4)C(C)(C)C)CC3)nc3c2CCN(c2cc(O)cc4ccccc24)C3)CC1. The van der Waals surface area contributed by atoms with Gasteiger partial charge in [-0.3, -0.25) is 24.1 Å². The number of carbonyl (C=O) groups excluding carboxylic acids is 4. The fraction of sp³-hybridized carbons (Fsp3) is 0.567. The Labute approximate surface area is 538 Å². The van der Waals surface area contributed by atoms with Gasteiger partial charge >= 0.3 is 6.01 Å². The highest BCUT2D eigenvalue weighted by Gasteiger charge is 2.45. The average molecular weight is 1280 g/mol. The summed E-state index contributed by atoms with van der Waals surface area (Å²) in [5, 5.41) is 29.2. The molecule has 0 bridgehead atoms. The molecule has 0 radical (unpaired) electrons. The van der Waals surface area contributed by atoms with Crippen molar-refractivity contribution in [2.75, 3.05) is 141 Å². The summed E-state index contributed by atoms with van der Waals surface area (Å²) in [4.78, 5) is 78.9. The topological polar surface area (TPSA) is 252 Å². The van der Waals surface area contributed by atoms with Gasteiger partial charge in [0.25, 0.3) is 0 Å². The van der Waals surface area contributed by atoms with Crippen molar-refractivity contribution in [3.63, 3.8) is 0 Å². The number of nitrogens with zero attached hydrogens (tertiary/aromatic N) is 8.